The van der Waals surface area contributed by atoms with Crippen LogP contribution in [0.25, 0.3) is 0 Å². The Bertz CT molecular complexity index is 476. The van der Waals surface area contributed by atoms with Crippen molar-refractivity contribution in [1.82, 2.24) is 0 Å². The van der Waals surface area contributed by atoms with Gasteiger partial charge in [0, 0.05) is 12.8 Å². The van der Waals surface area contributed by atoms with Gasteiger partial charge in [0.05, 0.1) is 0 Å². The van der Waals surface area contributed by atoms with E-state index < -0.39 is 0 Å². The van der Waals surface area contributed by atoms with Crippen LogP contribution in [-0.2, 0) is 4.79 Å². The molecule has 1 nitrogen and oxygen atoms in total. The van der Waals surface area contributed by atoms with Gasteiger partial charge < -0.3 is 0 Å². The summed E-state index contributed by atoms with van der Waals surface area (Å²) in [6, 6.07) is 0. The first-order valence-corrected chi connectivity index (χ1v) is 8.75. The Labute approximate surface area is 123 Å². The van der Waals surface area contributed by atoms with Crippen molar-refractivity contribution in [2.45, 2.75) is 71.6 Å². The third-order valence-electron chi connectivity index (χ3n) is 7.67. The Morgan fingerprint density at radius 2 is 1.95 bits per heavy atom. The predicted octanol–water partition coefficient (Wildman–Crippen LogP) is 4.91. The zero-order valence-corrected chi connectivity index (χ0v) is 13.1. The lowest BCUT2D eigenvalue weighted by atomic mass is 9.46. The highest BCUT2D eigenvalue weighted by molar-refractivity contribution is 5.79. The Kier molecular flexibility index (Phi) is 2.76. The van der Waals surface area contributed by atoms with Crippen molar-refractivity contribution < 1.29 is 4.79 Å². The number of Topliss-reactive ketones (excluding diaryl/α,β-unsaturated/α-hetero) is 1. The topological polar surface area (TPSA) is 17.1 Å². The van der Waals surface area contributed by atoms with Crippen molar-refractivity contribution in [1.29, 1.82) is 0 Å². The molecule has 3 saturated carbocycles. The van der Waals surface area contributed by atoms with Crippen LogP contribution < -0.4 is 0 Å². The molecular weight excluding hydrogens is 244 g/mol. The summed E-state index contributed by atoms with van der Waals surface area (Å²) in [5, 5.41) is 0. The minimum absolute atomic E-state index is 0.460. The minimum atomic E-state index is 0.460. The van der Waals surface area contributed by atoms with Crippen LogP contribution in [0.5, 0.6) is 0 Å². The predicted molar refractivity (Wildman–Crippen MR) is 81.3 cm³/mol. The number of hydrogen-bond donors (Lipinski definition) is 0. The Hall–Kier alpha value is -0.590. The van der Waals surface area contributed by atoms with E-state index in [2.05, 4.69) is 19.9 Å². The molecule has 110 valence electrons. The van der Waals surface area contributed by atoms with Gasteiger partial charge in [0.15, 0.2) is 0 Å². The van der Waals surface area contributed by atoms with Crippen molar-refractivity contribution in [3.05, 3.63) is 11.6 Å². The molecule has 3 fully saturated rings. The fourth-order valence-electron chi connectivity index (χ4n) is 6.37. The van der Waals surface area contributed by atoms with Gasteiger partial charge in [-0.2, -0.15) is 0 Å². The molecule has 0 spiro atoms. The molecule has 20 heavy (non-hydrogen) atoms. The molecular formula is C19H28O. The first-order chi connectivity index (χ1) is 9.53. The minimum Gasteiger partial charge on any atom is -0.300 e. The third-order valence-corrected chi connectivity index (χ3v) is 7.67. The van der Waals surface area contributed by atoms with Gasteiger partial charge in [-0.05, 0) is 73.5 Å². The summed E-state index contributed by atoms with van der Waals surface area (Å²) < 4.78 is 0. The lowest BCUT2D eigenvalue weighted by Crippen LogP contribution is -2.50. The van der Waals surface area contributed by atoms with Crippen molar-refractivity contribution in [2.24, 2.45) is 28.6 Å². The van der Waals surface area contributed by atoms with Gasteiger partial charge in [0.2, 0.25) is 0 Å². The number of hydrogen-bond acceptors (Lipinski definition) is 1. The van der Waals surface area contributed by atoms with Gasteiger partial charge in [0.25, 0.3) is 0 Å². The first-order valence-electron chi connectivity index (χ1n) is 8.75. The second kappa shape index (κ2) is 4.21. The molecule has 4 rings (SSSR count). The lowest BCUT2D eigenvalue weighted by Gasteiger charge is -2.58. The normalized spacial score (nSPS) is 51.0. The Balaban J connectivity index is 1.67. The SMILES string of the molecule is C[C@]12CCC=C1[C@@H]1CC[C@H]3CC(=O)CC[C@]3(C)[C@H]1CC2. The maximum Gasteiger partial charge on any atom is 0.133 e. The molecule has 0 heterocycles. The third kappa shape index (κ3) is 1.64. The van der Waals surface area contributed by atoms with Gasteiger partial charge in [-0.15, -0.1) is 0 Å². The van der Waals surface area contributed by atoms with E-state index in [1.165, 1.54) is 44.9 Å². The van der Waals surface area contributed by atoms with E-state index in [1.54, 1.807) is 0 Å². The van der Waals surface area contributed by atoms with Gasteiger partial charge in [-0.25, -0.2) is 0 Å². The molecule has 0 saturated heterocycles. The van der Waals surface area contributed by atoms with Crippen LogP contribution in [0.15, 0.2) is 11.6 Å². The van der Waals surface area contributed by atoms with Crippen molar-refractivity contribution >= 4 is 5.78 Å². The second-order valence-electron chi connectivity index (χ2n) is 8.53. The van der Waals surface area contributed by atoms with Crippen LogP contribution in [0.4, 0.5) is 0 Å². The highest BCUT2D eigenvalue weighted by Crippen LogP contribution is 2.64. The number of rotatable bonds is 0. The number of carbonyl (C=O) groups excluding carboxylic acids is 1. The zero-order valence-electron chi connectivity index (χ0n) is 13.1. The number of fused-ring (bicyclic) bond motifs is 5. The number of allylic oxidation sites excluding steroid dienone is 2. The summed E-state index contributed by atoms with van der Waals surface area (Å²) in [6.45, 7) is 5.04. The smallest absolute Gasteiger partial charge is 0.133 e. The molecule has 5 atom stereocenters. The maximum atomic E-state index is 11.8. The van der Waals surface area contributed by atoms with E-state index in [9.17, 15) is 4.79 Å². The van der Waals surface area contributed by atoms with Crippen molar-refractivity contribution in [3.63, 3.8) is 0 Å². The van der Waals surface area contributed by atoms with E-state index in [4.69, 9.17) is 0 Å². The molecule has 0 amide bonds. The average molecular weight is 272 g/mol. The molecule has 4 aliphatic carbocycles. The van der Waals surface area contributed by atoms with Crippen LogP contribution in [-0.4, -0.2) is 5.78 Å². The summed E-state index contributed by atoms with van der Waals surface area (Å²) in [6.07, 6.45) is 13.7. The van der Waals surface area contributed by atoms with Crippen LogP contribution >= 0.6 is 0 Å². The summed E-state index contributed by atoms with van der Waals surface area (Å²) in [4.78, 5) is 11.8. The fraction of sp³-hybridized carbons (Fsp3) is 0.842. The first kappa shape index (κ1) is 13.1. The average Bonchev–Trinajstić information content (AvgIpc) is 2.81. The van der Waals surface area contributed by atoms with Crippen molar-refractivity contribution in [3.8, 4) is 0 Å². The van der Waals surface area contributed by atoms with Gasteiger partial charge in [-0.3, -0.25) is 4.79 Å². The Morgan fingerprint density at radius 1 is 1.10 bits per heavy atom. The standard InChI is InChI=1S/C19H28O/c1-18-9-3-4-16(18)15-6-5-13-12-14(20)7-11-19(13,2)17(15)8-10-18/h4,13,15,17H,3,5-12H2,1-2H3/t13-,15-,17-,18+,19-/m0/s1. The van der Waals surface area contributed by atoms with E-state index in [1.807, 2.05) is 5.57 Å². The monoisotopic (exact) mass is 272 g/mol. The highest BCUT2D eigenvalue weighted by Gasteiger charge is 2.55. The van der Waals surface area contributed by atoms with E-state index in [0.717, 1.165) is 24.7 Å². The van der Waals surface area contributed by atoms with Crippen LogP contribution in [0.2, 0.25) is 0 Å². The molecule has 0 unspecified atom stereocenters. The van der Waals surface area contributed by atoms with Crippen molar-refractivity contribution in [2.75, 3.05) is 0 Å². The summed E-state index contributed by atoms with van der Waals surface area (Å²) in [5.74, 6) is 2.94. The second-order valence-corrected chi connectivity index (χ2v) is 8.53. The number of ketones is 1. The molecule has 0 aliphatic heterocycles. The van der Waals surface area contributed by atoms with E-state index in [-0.39, 0.29) is 0 Å². The van der Waals surface area contributed by atoms with Crippen LogP contribution in [0, 0.1) is 28.6 Å². The molecule has 4 aliphatic rings. The molecule has 0 aromatic carbocycles. The maximum absolute atomic E-state index is 11.8. The quantitative estimate of drug-likeness (QED) is 0.573. The summed E-state index contributed by atoms with van der Waals surface area (Å²) in [7, 11) is 0. The fourth-order valence-corrected chi connectivity index (χ4v) is 6.37. The van der Waals surface area contributed by atoms with Crippen LogP contribution in [0.3, 0.4) is 0 Å². The molecule has 1 heteroatoms. The largest absolute Gasteiger partial charge is 0.300 e. The molecule has 0 N–H and O–H groups in total. The summed E-state index contributed by atoms with van der Waals surface area (Å²) >= 11 is 0. The number of carbonyl (C=O) groups is 1. The van der Waals surface area contributed by atoms with Gasteiger partial charge in [-0.1, -0.05) is 25.5 Å². The zero-order chi connectivity index (χ0) is 14.0. The summed E-state index contributed by atoms with van der Waals surface area (Å²) in [5.41, 5.74) is 2.82. The molecule has 0 radical (unpaired) electrons. The molecule has 0 bridgehead atoms. The van der Waals surface area contributed by atoms with E-state index >= 15 is 0 Å². The van der Waals surface area contributed by atoms with Crippen LogP contribution in [0.1, 0.15) is 71.6 Å². The Morgan fingerprint density at radius 3 is 2.80 bits per heavy atom. The molecule has 0 aromatic rings. The molecule has 0 aromatic heterocycles. The van der Waals surface area contributed by atoms with Gasteiger partial charge >= 0.3 is 0 Å². The van der Waals surface area contributed by atoms with Gasteiger partial charge in [0.1, 0.15) is 5.78 Å². The highest BCUT2D eigenvalue weighted by atomic mass is 16.1. The lowest BCUT2D eigenvalue weighted by molar-refractivity contribution is -0.131. The van der Waals surface area contributed by atoms with E-state index in [0.29, 0.717) is 22.5 Å².